The number of nitrogens with zero attached hydrogens (tertiary/aromatic N) is 3. The van der Waals surface area contributed by atoms with Gasteiger partial charge in [0.25, 0.3) is 0 Å². The van der Waals surface area contributed by atoms with Crippen LogP contribution in [0.2, 0.25) is 0 Å². The van der Waals surface area contributed by atoms with Crippen LogP contribution in [0, 0.1) is 17.3 Å². The first-order valence-corrected chi connectivity index (χ1v) is 10.6. The summed E-state index contributed by atoms with van der Waals surface area (Å²) in [6.45, 7) is 16.0. The summed E-state index contributed by atoms with van der Waals surface area (Å²) < 4.78 is 11.5. The van der Waals surface area contributed by atoms with Gasteiger partial charge in [-0.15, -0.1) is 24.0 Å². The Labute approximate surface area is 181 Å². The number of piperazine rings is 1. The van der Waals surface area contributed by atoms with Gasteiger partial charge in [0.05, 0.1) is 12.7 Å². The van der Waals surface area contributed by atoms with Crippen molar-refractivity contribution in [1.29, 1.82) is 0 Å². The van der Waals surface area contributed by atoms with Gasteiger partial charge in [0.15, 0.2) is 5.96 Å². The van der Waals surface area contributed by atoms with Crippen molar-refractivity contribution in [1.82, 2.24) is 15.1 Å². The molecule has 4 fully saturated rings. The molecule has 27 heavy (non-hydrogen) atoms. The van der Waals surface area contributed by atoms with Crippen LogP contribution >= 0.6 is 24.0 Å². The number of halogens is 1. The molecule has 0 bridgehead atoms. The minimum Gasteiger partial charge on any atom is -0.381 e. The summed E-state index contributed by atoms with van der Waals surface area (Å²) in [5, 5.41) is 3.83. The molecule has 4 atom stereocenters. The minimum absolute atomic E-state index is 0. The fourth-order valence-corrected chi connectivity index (χ4v) is 5.38. The normalized spacial score (nSPS) is 36.1. The van der Waals surface area contributed by atoms with Crippen molar-refractivity contribution in [2.45, 2.75) is 45.8 Å². The SMILES string of the molecule is CCN=C(NC1C2CCOC2C1(C)C)N1CCN(CC2CCOC2)CC1.I. The second-order valence-corrected chi connectivity index (χ2v) is 9.00. The molecule has 0 aromatic carbocycles. The van der Waals surface area contributed by atoms with Crippen molar-refractivity contribution in [3.05, 3.63) is 0 Å². The number of hydrogen-bond donors (Lipinski definition) is 1. The van der Waals surface area contributed by atoms with E-state index >= 15 is 0 Å². The molecular formula is C20H37IN4O2. The van der Waals surface area contributed by atoms with Gasteiger partial charge in [0.2, 0.25) is 0 Å². The van der Waals surface area contributed by atoms with Gasteiger partial charge in [-0.25, -0.2) is 0 Å². The van der Waals surface area contributed by atoms with Crippen molar-refractivity contribution < 1.29 is 9.47 Å². The number of guanidine groups is 1. The average molecular weight is 492 g/mol. The Hall–Kier alpha value is -0.120. The molecule has 4 unspecified atom stereocenters. The van der Waals surface area contributed by atoms with Crippen molar-refractivity contribution in [2.75, 3.05) is 59.1 Å². The Morgan fingerprint density at radius 3 is 2.59 bits per heavy atom. The average Bonchev–Trinajstić information content (AvgIpc) is 3.30. The second-order valence-electron chi connectivity index (χ2n) is 9.00. The summed E-state index contributed by atoms with van der Waals surface area (Å²) in [5.74, 6) is 2.49. The maximum absolute atomic E-state index is 5.95. The molecule has 4 rings (SSSR count). The van der Waals surface area contributed by atoms with Crippen molar-refractivity contribution in [3.8, 4) is 0 Å². The Balaban J connectivity index is 0.00000210. The first-order valence-electron chi connectivity index (χ1n) is 10.6. The quantitative estimate of drug-likeness (QED) is 0.370. The molecule has 3 aliphatic heterocycles. The van der Waals surface area contributed by atoms with Gasteiger partial charge in [-0.05, 0) is 25.7 Å². The van der Waals surface area contributed by atoms with E-state index in [-0.39, 0.29) is 29.4 Å². The zero-order valence-corrected chi connectivity index (χ0v) is 19.5. The molecular weight excluding hydrogens is 455 g/mol. The fraction of sp³-hybridized carbons (Fsp3) is 0.950. The highest BCUT2D eigenvalue weighted by atomic mass is 127. The van der Waals surface area contributed by atoms with Gasteiger partial charge < -0.3 is 19.7 Å². The predicted molar refractivity (Wildman–Crippen MR) is 119 cm³/mol. The minimum atomic E-state index is 0. The van der Waals surface area contributed by atoms with Gasteiger partial charge >= 0.3 is 0 Å². The van der Waals surface area contributed by atoms with E-state index in [1.807, 2.05) is 0 Å². The molecule has 0 aromatic rings. The number of nitrogens with one attached hydrogen (secondary N) is 1. The van der Waals surface area contributed by atoms with E-state index in [4.69, 9.17) is 14.5 Å². The van der Waals surface area contributed by atoms with Crippen LogP contribution in [-0.2, 0) is 9.47 Å². The Kier molecular flexibility index (Phi) is 7.30. The summed E-state index contributed by atoms with van der Waals surface area (Å²) in [5.41, 5.74) is 0.194. The summed E-state index contributed by atoms with van der Waals surface area (Å²) >= 11 is 0. The van der Waals surface area contributed by atoms with Gasteiger partial charge in [0, 0.05) is 69.9 Å². The lowest BCUT2D eigenvalue weighted by atomic mass is 9.57. The molecule has 4 aliphatic rings. The number of rotatable bonds is 4. The third-order valence-corrected chi connectivity index (χ3v) is 6.91. The monoisotopic (exact) mass is 492 g/mol. The molecule has 1 saturated carbocycles. The van der Waals surface area contributed by atoms with Crippen LogP contribution in [-0.4, -0.2) is 87.0 Å². The van der Waals surface area contributed by atoms with Crippen LogP contribution in [0.4, 0.5) is 0 Å². The topological polar surface area (TPSA) is 49.3 Å². The highest BCUT2D eigenvalue weighted by Crippen LogP contribution is 2.52. The Bertz CT molecular complexity index is 516. The van der Waals surface area contributed by atoms with Crippen LogP contribution in [0.5, 0.6) is 0 Å². The van der Waals surface area contributed by atoms with E-state index in [0.717, 1.165) is 64.4 Å². The van der Waals surface area contributed by atoms with Crippen LogP contribution in [0.15, 0.2) is 4.99 Å². The Morgan fingerprint density at radius 2 is 1.93 bits per heavy atom. The lowest BCUT2D eigenvalue weighted by molar-refractivity contribution is -0.107. The molecule has 1 N–H and O–H groups in total. The second kappa shape index (κ2) is 9.13. The first-order chi connectivity index (χ1) is 12.6. The zero-order valence-electron chi connectivity index (χ0n) is 17.2. The molecule has 1 aliphatic carbocycles. The summed E-state index contributed by atoms with van der Waals surface area (Å²) in [6, 6.07) is 0.481. The summed E-state index contributed by atoms with van der Waals surface area (Å²) in [7, 11) is 0. The summed E-state index contributed by atoms with van der Waals surface area (Å²) in [4.78, 5) is 9.90. The van der Waals surface area contributed by atoms with E-state index in [2.05, 4.69) is 35.9 Å². The molecule has 3 saturated heterocycles. The van der Waals surface area contributed by atoms with Crippen molar-refractivity contribution >= 4 is 29.9 Å². The molecule has 0 radical (unpaired) electrons. The van der Waals surface area contributed by atoms with Crippen LogP contribution in [0.1, 0.15) is 33.6 Å². The third-order valence-electron chi connectivity index (χ3n) is 6.91. The standard InChI is InChI=1S/C20H36N4O2.HI/c1-4-21-19(22-17-16-6-12-26-18(16)20(17,2)3)24-9-7-23(8-10-24)13-15-5-11-25-14-15;/h15-18H,4-14H2,1-3H3,(H,21,22);1H. The van der Waals surface area contributed by atoms with E-state index in [1.165, 1.54) is 19.4 Å². The molecule has 156 valence electrons. The number of ether oxygens (including phenoxy) is 2. The molecule has 6 nitrogen and oxygen atoms in total. The highest BCUT2D eigenvalue weighted by Gasteiger charge is 2.59. The molecule has 0 amide bonds. The number of fused-ring (bicyclic) bond motifs is 1. The van der Waals surface area contributed by atoms with Crippen LogP contribution < -0.4 is 5.32 Å². The number of aliphatic imine (C=N–C) groups is 1. The smallest absolute Gasteiger partial charge is 0.194 e. The van der Waals surface area contributed by atoms with E-state index < -0.39 is 0 Å². The lowest BCUT2D eigenvalue weighted by Gasteiger charge is -2.55. The van der Waals surface area contributed by atoms with Crippen LogP contribution in [0.25, 0.3) is 0 Å². The maximum atomic E-state index is 5.95. The van der Waals surface area contributed by atoms with E-state index in [1.54, 1.807) is 0 Å². The fourth-order valence-electron chi connectivity index (χ4n) is 5.38. The largest absolute Gasteiger partial charge is 0.381 e. The lowest BCUT2D eigenvalue weighted by Crippen LogP contribution is -2.68. The zero-order chi connectivity index (χ0) is 18.1. The van der Waals surface area contributed by atoms with Crippen LogP contribution in [0.3, 0.4) is 0 Å². The molecule has 7 heteroatoms. The van der Waals surface area contributed by atoms with Gasteiger partial charge in [0.1, 0.15) is 0 Å². The predicted octanol–water partition coefficient (Wildman–Crippen LogP) is 2.04. The van der Waals surface area contributed by atoms with Crippen molar-refractivity contribution in [2.24, 2.45) is 22.2 Å². The van der Waals surface area contributed by atoms with E-state index in [0.29, 0.717) is 18.1 Å². The highest BCUT2D eigenvalue weighted by molar-refractivity contribution is 14.0. The third kappa shape index (κ3) is 4.41. The maximum Gasteiger partial charge on any atom is 0.194 e. The van der Waals surface area contributed by atoms with Crippen molar-refractivity contribution in [3.63, 3.8) is 0 Å². The molecule has 0 spiro atoms. The summed E-state index contributed by atoms with van der Waals surface area (Å²) in [6.07, 6.45) is 2.84. The van der Waals surface area contributed by atoms with Gasteiger partial charge in [-0.3, -0.25) is 9.89 Å². The Morgan fingerprint density at radius 1 is 1.15 bits per heavy atom. The number of hydrogen-bond acceptors (Lipinski definition) is 4. The van der Waals surface area contributed by atoms with Gasteiger partial charge in [-0.2, -0.15) is 0 Å². The first kappa shape index (κ1) is 21.6. The van der Waals surface area contributed by atoms with E-state index in [9.17, 15) is 0 Å². The van der Waals surface area contributed by atoms with Gasteiger partial charge in [-0.1, -0.05) is 13.8 Å². The molecule has 3 heterocycles. The molecule has 0 aromatic heterocycles.